The predicted molar refractivity (Wildman–Crippen MR) is 94.9 cm³/mol. The molecule has 5 heteroatoms. The van der Waals surface area contributed by atoms with Crippen molar-refractivity contribution in [3.63, 3.8) is 0 Å². The molecule has 3 rings (SSSR count). The summed E-state index contributed by atoms with van der Waals surface area (Å²) < 4.78 is 5.34. The molecule has 0 fully saturated rings. The van der Waals surface area contributed by atoms with Gasteiger partial charge in [0.05, 0.1) is 10.4 Å². The van der Waals surface area contributed by atoms with E-state index in [-0.39, 0.29) is 5.91 Å². The Kier molecular flexibility index (Phi) is 4.72. The number of nitrogens with one attached hydrogen (secondary N) is 1. The average molecular weight is 337 g/mol. The lowest BCUT2D eigenvalue weighted by Gasteiger charge is -2.07. The maximum atomic E-state index is 12.1. The number of benzene rings is 2. The number of hydrogen-bond donors (Lipinski definition) is 1. The van der Waals surface area contributed by atoms with E-state index in [2.05, 4.69) is 5.32 Å². The van der Waals surface area contributed by atoms with Gasteiger partial charge in [0.25, 0.3) is 5.91 Å². The van der Waals surface area contributed by atoms with Crippen molar-refractivity contribution in [1.29, 1.82) is 0 Å². The van der Waals surface area contributed by atoms with Gasteiger partial charge < -0.3 is 10.1 Å². The Hall–Kier alpha value is -2.92. The van der Waals surface area contributed by atoms with Crippen LogP contribution in [0.4, 0.5) is 5.69 Å². The quantitative estimate of drug-likeness (QED) is 0.562. The van der Waals surface area contributed by atoms with Gasteiger partial charge in [0.15, 0.2) is 0 Å². The van der Waals surface area contributed by atoms with Gasteiger partial charge in [0.2, 0.25) is 0 Å². The molecule has 0 saturated heterocycles. The van der Waals surface area contributed by atoms with Gasteiger partial charge in [-0.1, -0.05) is 23.8 Å². The molecule has 0 spiro atoms. The second-order valence-electron chi connectivity index (χ2n) is 5.21. The second kappa shape index (κ2) is 7.10. The number of esters is 1. The first kappa shape index (κ1) is 16.0. The minimum Gasteiger partial charge on any atom is -0.423 e. The van der Waals surface area contributed by atoms with Crippen molar-refractivity contribution in [2.24, 2.45) is 0 Å². The number of rotatable bonds is 4. The van der Waals surface area contributed by atoms with Gasteiger partial charge in [-0.2, -0.15) is 0 Å². The van der Waals surface area contributed by atoms with Crippen LogP contribution in [0.3, 0.4) is 0 Å². The fraction of sp³-hybridized carbons (Fsp3) is 0.0526. The van der Waals surface area contributed by atoms with Crippen LogP contribution in [-0.2, 0) is 0 Å². The van der Waals surface area contributed by atoms with Gasteiger partial charge in [0.1, 0.15) is 5.75 Å². The van der Waals surface area contributed by atoms with E-state index < -0.39 is 5.97 Å². The largest absolute Gasteiger partial charge is 0.423 e. The number of thiophene rings is 1. The van der Waals surface area contributed by atoms with Gasteiger partial charge in [-0.05, 0) is 54.8 Å². The van der Waals surface area contributed by atoms with Crippen molar-refractivity contribution in [3.05, 3.63) is 82.0 Å². The molecule has 0 bridgehead atoms. The lowest BCUT2D eigenvalue weighted by atomic mass is 10.1. The Bertz CT molecular complexity index is 855. The summed E-state index contributed by atoms with van der Waals surface area (Å²) >= 11 is 1.38. The van der Waals surface area contributed by atoms with Gasteiger partial charge in [-0.15, -0.1) is 11.3 Å². The van der Waals surface area contributed by atoms with E-state index in [0.29, 0.717) is 21.9 Å². The van der Waals surface area contributed by atoms with Gasteiger partial charge in [-0.3, -0.25) is 4.79 Å². The predicted octanol–water partition coefficient (Wildman–Crippen LogP) is 4.53. The summed E-state index contributed by atoms with van der Waals surface area (Å²) in [5.41, 5.74) is 2.14. The van der Waals surface area contributed by atoms with Crippen LogP contribution in [0, 0.1) is 6.92 Å². The minimum absolute atomic E-state index is 0.158. The summed E-state index contributed by atoms with van der Waals surface area (Å²) in [6.07, 6.45) is 0. The number of anilines is 1. The molecule has 3 aromatic rings. The van der Waals surface area contributed by atoms with Crippen molar-refractivity contribution < 1.29 is 14.3 Å². The van der Waals surface area contributed by atoms with Crippen LogP contribution in [-0.4, -0.2) is 11.9 Å². The Morgan fingerprint density at radius 3 is 2.46 bits per heavy atom. The van der Waals surface area contributed by atoms with E-state index in [4.69, 9.17) is 4.74 Å². The summed E-state index contributed by atoms with van der Waals surface area (Å²) in [6.45, 7) is 1.92. The Labute approximate surface area is 143 Å². The summed E-state index contributed by atoms with van der Waals surface area (Å²) in [6, 6.07) is 17.5. The van der Waals surface area contributed by atoms with Crippen LogP contribution in [0.25, 0.3) is 0 Å². The Morgan fingerprint density at radius 1 is 1.00 bits per heavy atom. The van der Waals surface area contributed by atoms with E-state index in [1.165, 1.54) is 11.3 Å². The van der Waals surface area contributed by atoms with Crippen LogP contribution in [0.1, 0.15) is 25.6 Å². The number of ether oxygens (including phenoxy) is 1. The first-order valence-corrected chi connectivity index (χ1v) is 8.23. The Balaban J connectivity index is 1.64. The standard InChI is InChI=1S/C19H15NO3S/c1-13-4-2-5-14(12-13)19(22)23-16-9-7-15(8-10-16)20-18(21)17-6-3-11-24-17/h2-12H,1H3,(H,20,21). The second-order valence-corrected chi connectivity index (χ2v) is 6.16. The minimum atomic E-state index is -0.408. The molecule has 1 N–H and O–H groups in total. The summed E-state index contributed by atoms with van der Waals surface area (Å²) in [4.78, 5) is 24.7. The molecule has 1 aromatic heterocycles. The zero-order chi connectivity index (χ0) is 16.9. The molecule has 4 nitrogen and oxygen atoms in total. The third kappa shape index (κ3) is 3.88. The molecule has 0 aliphatic carbocycles. The highest BCUT2D eigenvalue weighted by molar-refractivity contribution is 7.12. The highest BCUT2D eigenvalue weighted by atomic mass is 32.1. The summed E-state index contributed by atoms with van der Waals surface area (Å²) in [5, 5.41) is 4.64. The molecule has 0 aliphatic rings. The van der Waals surface area contributed by atoms with E-state index in [9.17, 15) is 9.59 Å². The Morgan fingerprint density at radius 2 is 1.79 bits per heavy atom. The lowest BCUT2D eigenvalue weighted by molar-refractivity contribution is 0.0734. The van der Waals surface area contributed by atoms with Crippen molar-refractivity contribution in [2.75, 3.05) is 5.32 Å². The maximum absolute atomic E-state index is 12.1. The van der Waals surface area contributed by atoms with Crippen LogP contribution in [0.15, 0.2) is 66.0 Å². The first-order valence-electron chi connectivity index (χ1n) is 7.35. The monoisotopic (exact) mass is 337 g/mol. The number of amides is 1. The van der Waals surface area contributed by atoms with Gasteiger partial charge >= 0.3 is 5.97 Å². The van der Waals surface area contributed by atoms with E-state index in [1.54, 1.807) is 42.5 Å². The van der Waals surface area contributed by atoms with Crippen LogP contribution in [0.2, 0.25) is 0 Å². The van der Waals surface area contributed by atoms with Gasteiger partial charge in [-0.25, -0.2) is 4.79 Å². The number of aryl methyl sites for hydroxylation is 1. The third-order valence-electron chi connectivity index (χ3n) is 3.32. The lowest BCUT2D eigenvalue weighted by Crippen LogP contribution is -2.10. The highest BCUT2D eigenvalue weighted by Crippen LogP contribution is 2.19. The third-order valence-corrected chi connectivity index (χ3v) is 4.19. The van der Waals surface area contributed by atoms with Crippen LogP contribution >= 0.6 is 11.3 Å². The number of hydrogen-bond acceptors (Lipinski definition) is 4. The SMILES string of the molecule is Cc1cccc(C(=O)Oc2ccc(NC(=O)c3cccs3)cc2)c1. The van der Waals surface area contributed by atoms with E-state index >= 15 is 0 Å². The number of carbonyl (C=O) groups excluding carboxylic acids is 2. The molecule has 0 radical (unpaired) electrons. The van der Waals surface area contributed by atoms with E-state index in [0.717, 1.165) is 5.56 Å². The molecule has 1 heterocycles. The van der Waals surface area contributed by atoms with Crippen LogP contribution in [0.5, 0.6) is 5.75 Å². The maximum Gasteiger partial charge on any atom is 0.343 e. The molecule has 24 heavy (non-hydrogen) atoms. The van der Waals surface area contributed by atoms with Crippen molar-refractivity contribution >= 4 is 28.9 Å². The zero-order valence-corrected chi connectivity index (χ0v) is 13.8. The van der Waals surface area contributed by atoms with Gasteiger partial charge in [0, 0.05) is 5.69 Å². The first-order chi connectivity index (χ1) is 11.6. The average Bonchev–Trinajstić information content (AvgIpc) is 3.11. The number of carbonyl (C=O) groups is 2. The molecule has 120 valence electrons. The molecule has 0 saturated carbocycles. The smallest absolute Gasteiger partial charge is 0.343 e. The van der Waals surface area contributed by atoms with E-state index in [1.807, 2.05) is 30.5 Å². The van der Waals surface area contributed by atoms with Crippen molar-refractivity contribution in [2.45, 2.75) is 6.92 Å². The van der Waals surface area contributed by atoms with Crippen molar-refractivity contribution in [3.8, 4) is 5.75 Å². The molecule has 0 unspecified atom stereocenters. The topological polar surface area (TPSA) is 55.4 Å². The molecular weight excluding hydrogens is 322 g/mol. The van der Waals surface area contributed by atoms with Crippen molar-refractivity contribution in [1.82, 2.24) is 0 Å². The summed E-state index contributed by atoms with van der Waals surface area (Å²) in [5.74, 6) is -0.140. The van der Waals surface area contributed by atoms with Crippen LogP contribution < -0.4 is 10.1 Å². The molecule has 0 aliphatic heterocycles. The zero-order valence-electron chi connectivity index (χ0n) is 13.0. The highest BCUT2D eigenvalue weighted by Gasteiger charge is 2.10. The normalized spacial score (nSPS) is 10.2. The fourth-order valence-electron chi connectivity index (χ4n) is 2.14. The molecule has 1 amide bonds. The summed E-state index contributed by atoms with van der Waals surface area (Å²) in [7, 11) is 0. The molecular formula is C19H15NO3S. The molecule has 0 atom stereocenters. The fourth-order valence-corrected chi connectivity index (χ4v) is 2.76. The molecule has 2 aromatic carbocycles.